The van der Waals surface area contributed by atoms with E-state index in [1.807, 2.05) is 13.8 Å². The molecule has 5 nitrogen and oxygen atoms in total. The highest BCUT2D eigenvalue weighted by Gasteiger charge is 2.24. The van der Waals surface area contributed by atoms with E-state index in [0.29, 0.717) is 0 Å². The molecule has 0 aromatic carbocycles. The van der Waals surface area contributed by atoms with E-state index in [2.05, 4.69) is 10.3 Å². The molecule has 0 radical (unpaired) electrons. The van der Waals surface area contributed by atoms with Crippen molar-refractivity contribution in [1.82, 2.24) is 15.0 Å². The first kappa shape index (κ1) is 8.16. The van der Waals surface area contributed by atoms with Gasteiger partial charge >= 0.3 is 0 Å². The van der Waals surface area contributed by atoms with Gasteiger partial charge in [0.05, 0.1) is 11.9 Å². The maximum absolute atomic E-state index is 5.10. The SMILES string of the molecule is Cn1nncc1C(C)(C)ON. The first-order valence-corrected chi connectivity index (χ1v) is 3.31. The zero-order chi connectivity index (χ0) is 8.48. The molecule has 62 valence electrons. The third-order valence-electron chi connectivity index (χ3n) is 1.63. The van der Waals surface area contributed by atoms with Gasteiger partial charge in [0.25, 0.3) is 0 Å². The van der Waals surface area contributed by atoms with Gasteiger partial charge in [0.1, 0.15) is 5.60 Å². The van der Waals surface area contributed by atoms with Crippen molar-refractivity contribution >= 4 is 0 Å². The maximum Gasteiger partial charge on any atom is 0.127 e. The second kappa shape index (κ2) is 2.60. The maximum atomic E-state index is 5.10. The molecule has 0 bridgehead atoms. The smallest absolute Gasteiger partial charge is 0.127 e. The molecule has 0 aliphatic rings. The fraction of sp³-hybridized carbons (Fsp3) is 0.667. The molecule has 2 N–H and O–H groups in total. The van der Waals surface area contributed by atoms with Crippen LogP contribution in [-0.2, 0) is 17.5 Å². The van der Waals surface area contributed by atoms with Crippen molar-refractivity contribution in [3.8, 4) is 0 Å². The van der Waals surface area contributed by atoms with Crippen molar-refractivity contribution in [2.45, 2.75) is 19.4 Å². The summed E-state index contributed by atoms with van der Waals surface area (Å²) >= 11 is 0. The van der Waals surface area contributed by atoms with Gasteiger partial charge in [-0.1, -0.05) is 5.21 Å². The lowest BCUT2D eigenvalue weighted by atomic mass is 10.1. The van der Waals surface area contributed by atoms with E-state index >= 15 is 0 Å². The number of aryl methyl sites for hydroxylation is 1. The summed E-state index contributed by atoms with van der Waals surface area (Å²) < 4.78 is 1.63. The van der Waals surface area contributed by atoms with Crippen molar-refractivity contribution < 1.29 is 4.84 Å². The van der Waals surface area contributed by atoms with Gasteiger partial charge in [0, 0.05) is 7.05 Å². The van der Waals surface area contributed by atoms with Gasteiger partial charge in [0.15, 0.2) is 0 Å². The molecular weight excluding hydrogens is 144 g/mol. The zero-order valence-corrected chi connectivity index (χ0v) is 6.90. The van der Waals surface area contributed by atoms with E-state index < -0.39 is 5.60 Å². The standard InChI is InChI=1S/C6H12N4O/c1-6(2,11-7)5-4-8-9-10(5)3/h4H,7H2,1-3H3. The Morgan fingerprint density at radius 3 is 2.64 bits per heavy atom. The van der Waals surface area contributed by atoms with Crippen molar-refractivity contribution in [3.63, 3.8) is 0 Å². The van der Waals surface area contributed by atoms with Gasteiger partial charge in [-0.2, -0.15) is 0 Å². The van der Waals surface area contributed by atoms with Crippen LogP contribution < -0.4 is 5.90 Å². The van der Waals surface area contributed by atoms with Crippen molar-refractivity contribution in [2.24, 2.45) is 12.9 Å². The van der Waals surface area contributed by atoms with Crippen LogP contribution in [0.5, 0.6) is 0 Å². The largest absolute Gasteiger partial charge is 0.292 e. The molecule has 11 heavy (non-hydrogen) atoms. The highest BCUT2D eigenvalue weighted by atomic mass is 16.6. The van der Waals surface area contributed by atoms with Crippen LogP contribution in [0.4, 0.5) is 0 Å². The third-order valence-corrected chi connectivity index (χ3v) is 1.63. The van der Waals surface area contributed by atoms with Crippen molar-refractivity contribution in [3.05, 3.63) is 11.9 Å². The molecule has 1 heterocycles. The van der Waals surface area contributed by atoms with Gasteiger partial charge in [-0.25, -0.2) is 10.6 Å². The number of nitrogens with zero attached hydrogens (tertiary/aromatic N) is 3. The van der Waals surface area contributed by atoms with Crippen LogP contribution in [0.25, 0.3) is 0 Å². The van der Waals surface area contributed by atoms with E-state index in [0.717, 1.165) is 5.69 Å². The topological polar surface area (TPSA) is 66.0 Å². The van der Waals surface area contributed by atoms with Crippen molar-refractivity contribution in [2.75, 3.05) is 0 Å². The van der Waals surface area contributed by atoms with Crippen LogP contribution in [-0.4, -0.2) is 15.0 Å². The normalized spacial score (nSPS) is 12.0. The summed E-state index contributed by atoms with van der Waals surface area (Å²) in [6.07, 6.45) is 1.63. The monoisotopic (exact) mass is 156 g/mol. The molecule has 0 atom stereocenters. The minimum absolute atomic E-state index is 0.530. The first-order chi connectivity index (χ1) is 5.08. The summed E-state index contributed by atoms with van der Waals surface area (Å²) in [5.41, 5.74) is 0.318. The minimum Gasteiger partial charge on any atom is -0.292 e. The van der Waals surface area contributed by atoms with Crippen molar-refractivity contribution in [1.29, 1.82) is 0 Å². The van der Waals surface area contributed by atoms with Gasteiger partial charge in [0.2, 0.25) is 0 Å². The van der Waals surface area contributed by atoms with Gasteiger partial charge < -0.3 is 0 Å². The van der Waals surface area contributed by atoms with E-state index in [1.165, 1.54) is 0 Å². The average molecular weight is 156 g/mol. The Labute approximate surface area is 65.1 Å². The van der Waals surface area contributed by atoms with E-state index in [1.54, 1.807) is 17.9 Å². The Balaban J connectivity index is 3.00. The zero-order valence-electron chi connectivity index (χ0n) is 6.90. The van der Waals surface area contributed by atoms with E-state index in [-0.39, 0.29) is 0 Å². The summed E-state index contributed by atoms with van der Waals surface area (Å²) in [6, 6.07) is 0. The minimum atomic E-state index is -0.530. The number of hydrogen-bond acceptors (Lipinski definition) is 4. The molecule has 0 saturated heterocycles. The molecule has 0 fully saturated rings. The molecule has 0 saturated carbocycles. The van der Waals surface area contributed by atoms with Gasteiger partial charge in [-0.15, -0.1) is 5.10 Å². The Hall–Kier alpha value is -0.940. The van der Waals surface area contributed by atoms with Crippen LogP contribution in [0.2, 0.25) is 0 Å². The van der Waals surface area contributed by atoms with Crippen LogP contribution in [0.3, 0.4) is 0 Å². The molecule has 0 amide bonds. The predicted molar refractivity (Wildman–Crippen MR) is 39.3 cm³/mol. The molecule has 1 aromatic rings. The summed E-state index contributed by atoms with van der Waals surface area (Å²) in [6.45, 7) is 3.71. The van der Waals surface area contributed by atoms with Crippen LogP contribution >= 0.6 is 0 Å². The predicted octanol–water partition coefficient (Wildman–Crippen LogP) is -0.0595. The van der Waals surface area contributed by atoms with E-state index in [4.69, 9.17) is 10.7 Å². The van der Waals surface area contributed by atoms with Gasteiger partial charge in [-0.3, -0.25) is 4.84 Å². The summed E-state index contributed by atoms with van der Waals surface area (Å²) in [5, 5.41) is 7.48. The van der Waals surface area contributed by atoms with Crippen LogP contribution in [0.15, 0.2) is 6.20 Å². The van der Waals surface area contributed by atoms with Crippen LogP contribution in [0, 0.1) is 0 Å². The summed E-state index contributed by atoms with van der Waals surface area (Å²) in [4.78, 5) is 4.76. The van der Waals surface area contributed by atoms with Gasteiger partial charge in [-0.05, 0) is 13.8 Å². The second-order valence-corrected chi connectivity index (χ2v) is 2.87. The molecular formula is C6H12N4O. The molecule has 0 aliphatic carbocycles. The Kier molecular flexibility index (Phi) is 1.92. The number of hydrogen-bond donors (Lipinski definition) is 1. The lowest BCUT2D eigenvalue weighted by Gasteiger charge is -2.20. The molecule has 1 aromatic heterocycles. The number of nitrogens with two attached hydrogens (primary N) is 1. The molecule has 1 rings (SSSR count). The second-order valence-electron chi connectivity index (χ2n) is 2.87. The summed E-state index contributed by atoms with van der Waals surface area (Å²) in [7, 11) is 1.79. The molecule has 0 aliphatic heterocycles. The Morgan fingerprint density at radius 2 is 2.27 bits per heavy atom. The lowest BCUT2D eigenvalue weighted by molar-refractivity contribution is -0.0294. The fourth-order valence-electron chi connectivity index (χ4n) is 0.895. The van der Waals surface area contributed by atoms with E-state index in [9.17, 15) is 0 Å². The Bertz CT molecular complexity index is 242. The molecule has 0 unspecified atom stereocenters. The molecule has 5 heteroatoms. The number of rotatable bonds is 2. The quantitative estimate of drug-likeness (QED) is 0.609. The average Bonchev–Trinajstić information content (AvgIpc) is 2.36. The van der Waals surface area contributed by atoms with Crippen LogP contribution in [0.1, 0.15) is 19.5 Å². The molecule has 0 spiro atoms. The number of aromatic nitrogens is 3. The fourth-order valence-corrected chi connectivity index (χ4v) is 0.895. The first-order valence-electron chi connectivity index (χ1n) is 3.31. The summed E-state index contributed by atoms with van der Waals surface area (Å²) in [5.74, 6) is 5.10. The highest BCUT2D eigenvalue weighted by molar-refractivity contribution is 5.04. The highest BCUT2D eigenvalue weighted by Crippen LogP contribution is 2.20. The lowest BCUT2D eigenvalue weighted by Crippen LogP contribution is -2.27. The Morgan fingerprint density at radius 1 is 1.64 bits per heavy atom. The third kappa shape index (κ3) is 1.38.